The van der Waals surface area contributed by atoms with Gasteiger partial charge in [0, 0.05) is 6.04 Å². The van der Waals surface area contributed by atoms with Gasteiger partial charge in [-0.15, -0.1) is 0 Å². The van der Waals surface area contributed by atoms with Crippen molar-refractivity contribution in [1.29, 1.82) is 0 Å². The second kappa shape index (κ2) is 4.55. The Bertz CT molecular complexity index is 474. The zero-order valence-corrected chi connectivity index (χ0v) is 10.5. The van der Waals surface area contributed by atoms with Crippen molar-refractivity contribution < 1.29 is 14.3 Å². The number of halogens is 1. The highest BCUT2D eigenvalue weighted by molar-refractivity contribution is 5.93. The van der Waals surface area contributed by atoms with Gasteiger partial charge in [0.05, 0.1) is 6.20 Å². The minimum Gasteiger partial charge on any atom is -0.478 e. The molecule has 1 atom stereocenters. The van der Waals surface area contributed by atoms with Crippen molar-refractivity contribution in [2.24, 2.45) is 5.41 Å². The van der Waals surface area contributed by atoms with Gasteiger partial charge in [0.15, 0.2) is 0 Å². The Kier molecular flexibility index (Phi) is 3.24. The number of carbonyl (C=O) groups is 1. The van der Waals surface area contributed by atoms with E-state index in [4.69, 9.17) is 5.11 Å². The van der Waals surface area contributed by atoms with E-state index in [0.717, 1.165) is 31.5 Å². The highest BCUT2D eigenvalue weighted by Crippen LogP contribution is 2.38. The molecule has 1 aliphatic carbocycles. The number of rotatable bonds is 3. The number of carboxylic acid groups (broad SMARTS) is 1. The van der Waals surface area contributed by atoms with Crippen LogP contribution >= 0.6 is 0 Å². The second-order valence-electron chi connectivity index (χ2n) is 5.60. The lowest BCUT2D eigenvalue weighted by Crippen LogP contribution is -2.20. The highest BCUT2D eigenvalue weighted by Gasteiger charge is 2.31. The molecule has 0 bridgehead atoms. The summed E-state index contributed by atoms with van der Waals surface area (Å²) in [7, 11) is 0. The van der Waals surface area contributed by atoms with Crippen molar-refractivity contribution in [3.05, 3.63) is 23.6 Å². The number of nitrogens with one attached hydrogen (secondary N) is 1. The molecule has 2 rings (SSSR count). The Balaban J connectivity index is 2.17. The van der Waals surface area contributed by atoms with Crippen LogP contribution in [0, 0.1) is 11.2 Å². The quantitative estimate of drug-likeness (QED) is 0.868. The van der Waals surface area contributed by atoms with Gasteiger partial charge in [0.1, 0.15) is 17.2 Å². The molecule has 1 aliphatic rings. The molecular weight excluding hydrogens is 235 g/mol. The van der Waals surface area contributed by atoms with E-state index in [9.17, 15) is 9.18 Å². The van der Waals surface area contributed by atoms with Crippen LogP contribution in [0.25, 0.3) is 0 Å². The fourth-order valence-corrected chi connectivity index (χ4v) is 2.47. The van der Waals surface area contributed by atoms with E-state index in [1.54, 1.807) is 0 Å². The number of aromatic carboxylic acids is 1. The standard InChI is InChI=1S/C13H17FN2O2/c1-13(2)4-3-9(6-13)16-11-10(12(17)18)5-8(14)7-15-11/h5,7,9H,3-4,6H2,1-2H3,(H,15,16)(H,17,18). The molecule has 1 unspecified atom stereocenters. The molecule has 18 heavy (non-hydrogen) atoms. The van der Waals surface area contributed by atoms with Crippen molar-refractivity contribution in [2.45, 2.75) is 39.2 Å². The summed E-state index contributed by atoms with van der Waals surface area (Å²) in [5, 5.41) is 12.1. The summed E-state index contributed by atoms with van der Waals surface area (Å²) in [5.74, 6) is -1.54. The third-order valence-electron chi connectivity index (χ3n) is 3.39. The fourth-order valence-electron chi connectivity index (χ4n) is 2.47. The van der Waals surface area contributed by atoms with Crippen molar-refractivity contribution in [2.75, 3.05) is 5.32 Å². The number of nitrogens with zero attached hydrogens (tertiary/aromatic N) is 1. The minimum absolute atomic E-state index is 0.111. The van der Waals surface area contributed by atoms with Crippen LogP contribution in [0.3, 0.4) is 0 Å². The van der Waals surface area contributed by atoms with Gasteiger partial charge in [-0.3, -0.25) is 0 Å². The van der Waals surface area contributed by atoms with Gasteiger partial charge in [-0.25, -0.2) is 14.2 Å². The van der Waals surface area contributed by atoms with Crippen molar-refractivity contribution in [3.8, 4) is 0 Å². The summed E-state index contributed by atoms with van der Waals surface area (Å²) in [6, 6.07) is 1.20. The molecular formula is C13H17FN2O2. The monoisotopic (exact) mass is 252 g/mol. The van der Waals surface area contributed by atoms with E-state index in [0.29, 0.717) is 0 Å². The third-order valence-corrected chi connectivity index (χ3v) is 3.39. The van der Waals surface area contributed by atoms with Crippen LogP contribution in [0.4, 0.5) is 10.2 Å². The molecule has 1 saturated carbocycles. The maximum absolute atomic E-state index is 13.0. The molecule has 1 aromatic heterocycles. The summed E-state index contributed by atoms with van der Waals surface area (Å²) in [6.45, 7) is 4.37. The lowest BCUT2D eigenvalue weighted by molar-refractivity contribution is 0.0697. The maximum Gasteiger partial charge on any atom is 0.339 e. The van der Waals surface area contributed by atoms with Crippen LogP contribution in [-0.2, 0) is 0 Å². The lowest BCUT2D eigenvalue weighted by Gasteiger charge is -2.18. The van der Waals surface area contributed by atoms with Crippen LogP contribution < -0.4 is 5.32 Å². The first-order chi connectivity index (χ1) is 8.37. The molecule has 0 aromatic carbocycles. The molecule has 0 amide bonds. The molecule has 0 saturated heterocycles. The Labute approximate surface area is 105 Å². The summed E-state index contributed by atoms with van der Waals surface area (Å²) >= 11 is 0. The topological polar surface area (TPSA) is 62.2 Å². The van der Waals surface area contributed by atoms with Crippen LogP contribution in [0.1, 0.15) is 43.5 Å². The average Bonchev–Trinajstić information content (AvgIpc) is 2.60. The van der Waals surface area contributed by atoms with Crippen LogP contribution in [0.5, 0.6) is 0 Å². The normalized spacial score (nSPS) is 21.8. The first-order valence-electron chi connectivity index (χ1n) is 6.03. The molecule has 98 valence electrons. The second-order valence-corrected chi connectivity index (χ2v) is 5.60. The molecule has 0 aliphatic heterocycles. The van der Waals surface area contributed by atoms with Gasteiger partial charge < -0.3 is 10.4 Å². The molecule has 5 heteroatoms. The predicted molar refractivity (Wildman–Crippen MR) is 66.2 cm³/mol. The van der Waals surface area contributed by atoms with E-state index >= 15 is 0 Å². The lowest BCUT2D eigenvalue weighted by atomic mass is 9.92. The number of pyridine rings is 1. The Morgan fingerprint density at radius 1 is 1.61 bits per heavy atom. The zero-order chi connectivity index (χ0) is 13.3. The predicted octanol–water partition coefficient (Wildman–Crippen LogP) is 2.91. The van der Waals surface area contributed by atoms with Crippen molar-refractivity contribution >= 4 is 11.8 Å². The highest BCUT2D eigenvalue weighted by atomic mass is 19.1. The summed E-state index contributed by atoms with van der Waals surface area (Å²) in [6.07, 6.45) is 4.07. The SMILES string of the molecule is CC1(C)CCC(Nc2ncc(F)cc2C(=O)O)C1. The van der Waals surface area contributed by atoms with Gasteiger partial charge in [-0.2, -0.15) is 0 Å². The largest absolute Gasteiger partial charge is 0.478 e. The summed E-state index contributed by atoms with van der Waals surface area (Å²) < 4.78 is 13.0. The Morgan fingerprint density at radius 3 is 2.89 bits per heavy atom. The van der Waals surface area contributed by atoms with E-state index in [1.165, 1.54) is 0 Å². The number of hydrogen-bond acceptors (Lipinski definition) is 3. The van der Waals surface area contributed by atoms with Gasteiger partial charge in [-0.05, 0) is 30.7 Å². The molecule has 0 radical (unpaired) electrons. The van der Waals surface area contributed by atoms with Gasteiger partial charge >= 0.3 is 5.97 Å². The molecule has 1 fully saturated rings. The van der Waals surface area contributed by atoms with E-state index in [-0.39, 0.29) is 22.8 Å². The van der Waals surface area contributed by atoms with Crippen LogP contribution in [0.15, 0.2) is 12.3 Å². The third kappa shape index (κ3) is 2.78. The van der Waals surface area contributed by atoms with Gasteiger partial charge in [-0.1, -0.05) is 13.8 Å². The number of carboxylic acids is 1. The number of hydrogen-bond donors (Lipinski definition) is 2. The molecule has 1 aromatic rings. The van der Waals surface area contributed by atoms with Crippen LogP contribution in [0.2, 0.25) is 0 Å². The van der Waals surface area contributed by atoms with E-state index in [2.05, 4.69) is 24.1 Å². The van der Waals surface area contributed by atoms with Gasteiger partial charge in [0.25, 0.3) is 0 Å². The first-order valence-corrected chi connectivity index (χ1v) is 6.03. The van der Waals surface area contributed by atoms with E-state index < -0.39 is 11.8 Å². The Morgan fingerprint density at radius 2 is 2.33 bits per heavy atom. The molecule has 0 spiro atoms. The van der Waals surface area contributed by atoms with Crippen LogP contribution in [-0.4, -0.2) is 22.1 Å². The first kappa shape index (κ1) is 12.8. The molecule has 2 N–H and O–H groups in total. The maximum atomic E-state index is 13.0. The smallest absolute Gasteiger partial charge is 0.339 e. The minimum atomic E-state index is -1.17. The molecule has 1 heterocycles. The van der Waals surface area contributed by atoms with Crippen molar-refractivity contribution in [1.82, 2.24) is 4.98 Å². The summed E-state index contributed by atoms with van der Waals surface area (Å²) in [4.78, 5) is 14.9. The average molecular weight is 252 g/mol. The van der Waals surface area contributed by atoms with Crippen molar-refractivity contribution in [3.63, 3.8) is 0 Å². The Hall–Kier alpha value is -1.65. The van der Waals surface area contributed by atoms with E-state index in [1.807, 2.05) is 0 Å². The number of aromatic nitrogens is 1. The summed E-state index contributed by atoms with van der Waals surface area (Å²) in [5.41, 5.74) is 0.154. The number of anilines is 1. The fraction of sp³-hybridized carbons (Fsp3) is 0.538. The molecule has 4 nitrogen and oxygen atoms in total. The zero-order valence-electron chi connectivity index (χ0n) is 10.5. The van der Waals surface area contributed by atoms with Gasteiger partial charge in [0.2, 0.25) is 0 Å².